The van der Waals surface area contributed by atoms with Gasteiger partial charge >= 0.3 is 0 Å². The molecule has 2 rings (SSSR count). The highest BCUT2D eigenvalue weighted by Crippen LogP contribution is 2.30. The predicted molar refractivity (Wildman–Crippen MR) is 81.1 cm³/mol. The number of piperidine rings is 1. The molecule has 0 aromatic heterocycles. The fourth-order valence-corrected chi connectivity index (χ4v) is 3.24. The van der Waals surface area contributed by atoms with E-state index in [4.69, 9.17) is 11.5 Å². The van der Waals surface area contributed by atoms with Crippen molar-refractivity contribution in [3.8, 4) is 0 Å². The summed E-state index contributed by atoms with van der Waals surface area (Å²) in [5.41, 5.74) is 14.2. The molecule has 1 fully saturated rings. The van der Waals surface area contributed by atoms with E-state index in [1.807, 2.05) is 13.0 Å². The lowest BCUT2D eigenvalue weighted by molar-refractivity contribution is -0.125. The highest BCUT2D eigenvalue weighted by atomic mass is 16.1. The van der Waals surface area contributed by atoms with E-state index in [-0.39, 0.29) is 24.0 Å². The van der Waals surface area contributed by atoms with Gasteiger partial charge in [0.15, 0.2) is 0 Å². The fraction of sp³-hybridized carbons (Fsp3) is 0.562. The Morgan fingerprint density at radius 2 is 2.15 bits per heavy atom. The molecule has 1 amide bonds. The molecule has 20 heavy (non-hydrogen) atoms. The smallest absolute Gasteiger partial charge is 0.234 e. The van der Waals surface area contributed by atoms with Crippen LogP contribution < -0.4 is 11.5 Å². The zero-order chi connectivity index (χ0) is 14.7. The normalized spacial score (nSPS) is 23.2. The van der Waals surface area contributed by atoms with Crippen molar-refractivity contribution in [3.05, 3.63) is 35.4 Å². The number of nitrogens with two attached hydrogens (primary N) is 2. The van der Waals surface area contributed by atoms with Crippen LogP contribution in [0.15, 0.2) is 24.3 Å². The van der Waals surface area contributed by atoms with Crippen LogP contribution in [0.1, 0.15) is 43.4 Å². The number of primary amides is 1. The molecule has 0 spiro atoms. The summed E-state index contributed by atoms with van der Waals surface area (Å²) < 4.78 is 0. The summed E-state index contributed by atoms with van der Waals surface area (Å²) >= 11 is 0. The number of carbonyl (C=O) groups is 1. The third-order valence-electron chi connectivity index (χ3n) is 4.11. The Labute approximate surface area is 121 Å². The number of hydrogen-bond donors (Lipinski definition) is 2. The monoisotopic (exact) mass is 275 g/mol. The summed E-state index contributed by atoms with van der Waals surface area (Å²) in [5.74, 6) is -0.233. The molecule has 1 heterocycles. The summed E-state index contributed by atoms with van der Waals surface area (Å²) in [4.78, 5) is 13.9. The van der Waals surface area contributed by atoms with Crippen LogP contribution in [0.2, 0.25) is 0 Å². The topological polar surface area (TPSA) is 72.3 Å². The lowest BCUT2D eigenvalue weighted by Crippen LogP contribution is -2.52. The van der Waals surface area contributed by atoms with E-state index >= 15 is 0 Å². The maximum Gasteiger partial charge on any atom is 0.234 e. The van der Waals surface area contributed by atoms with Crippen molar-refractivity contribution < 1.29 is 4.79 Å². The molecule has 110 valence electrons. The number of benzene rings is 1. The number of aryl methyl sites for hydroxylation is 1. The first-order valence-electron chi connectivity index (χ1n) is 7.38. The molecular weight excluding hydrogens is 250 g/mol. The molecule has 1 saturated heterocycles. The fourth-order valence-electron chi connectivity index (χ4n) is 3.24. The minimum atomic E-state index is -0.233. The van der Waals surface area contributed by atoms with Gasteiger partial charge in [-0.1, -0.05) is 36.2 Å². The Hall–Kier alpha value is -1.39. The number of likely N-dealkylation sites (tertiary alicyclic amines) is 1. The third-order valence-corrected chi connectivity index (χ3v) is 4.11. The maximum atomic E-state index is 11.7. The Morgan fingerprint density at radius 3 is 2.75 bits per heavy atom. The highest BCUT2D eigenvalue weighted by molar-refractivity contribution is 5.80. The Morgan fingerprint density at radius 1 is 1.40 bits per heavy atom. The summed E-state index contributed by atoms with van der Waals surface area (Å²) in [6.45, 7) is 4.96. The average molecular weight is 275 g/mol. The van der Waals surface area contributed by atoms with Gasteiger partial charge < -0.3 is 11.5 Å². The molecule has 0 radical (unpaired) electrons. The zero-order valence-electron chi connectivity index (χ0n) is 12.4. The SMILES string of the molecule is Cc1cccc(C(C(C)N)N2CCCCC2C(N)=O)c1. The summed E-state index contributed by atoms with van der Waals surface area (Å²) in [6.07, 6.45) is 2.99. The van der Waals surface area contributed by atoms with E-state index in [0.29, 0.717) is 0 Å². The molecule has 4 nitrogen and oxygen atoms in total. The minimum absolute atomic E-state index is 0.0447. The standard InChI is InChI=1S/C16H25N3O/c1-11-6-5-7-13(10-11)15(12(2)17)19-9-4-3-8-14(19)16(18)20/h5-7,10,12,14-15H,3-4,8-9,17H2,1-2H3,(H2,18,20). The van der Waals surface area contributed by atoms with Crippen LogP contribution in [-0.4, -0.2) is 29.4 Å². The molecule has 1 aromatic carbocycles. The van der Waals surface area contributed by atoms with Gasteiger partial charge in [0, 0.05) is 6.04 Å². The van der Waals surface area contributed by atoms with Crippen LogP contribution in [0, 0.1) is 6.92 Å². The molecule has 1 aromatic rings. The predicted octanol–water partition coefficient (Wildman–Crippen LogP) is 1.72. The second-order valence-electron chi connectivity index (χ2n) is 5.87. The van der Waals surface area contributed by atoms with Crippen LogP contribution in [-0.2, 0) is 4.79 Å². The quantitative estimate of drug-likeness (QED) is 0.879. The average Bonchev–Trinajstić information content (AvgIpc) is 2.39. The molecular formula is C16H25N3O. The third kappa shape index (κ3) is 3.19. The van der Waals surface area contributed by atoms with Crippen LogP contribution >= 0.6 is 0 Å². The van der Waals surface area contributed by atoms with E-state index in [1.54, 1.807) is 0 Å². The van der Waals surface area contributed by atoms with E-state index in [0.717, 1.165) is 25.8 Å². The Kier molecular flexibility index (Phi) is 4.78. The molecule has 0 bridgehead atoms. The first-order chi connectivity index (χ1) is 9.50. The van der Waals surface area contributed by atoms with Gasteiger partial charge in [-0.2, -0.15) is 0 Å². The summed E-state index contributed by atoms with van der Waals surface area (Å²) in [7, 11) is 0. The van der Waals surface area contributed by atoms with Gasteiger partial charge in [-0.05, 0) is 38.8 Å². The zero-order valence-corrected chi connectivity index (χ0v) is 12.4. The van der Waals surface area contributed by atoms with Crippen molar-refractivity contribution in [1.29, 1.82) is 0 Å². The lowest BCUT2D eigenvalue weighted by atomic mass is 9.92. The number of rotatable bonds is 4. The number of amides is 1. The van der Waals surface area contributed by atoms with Gasteiger partial charge in [-0.15, -0.1) is 0 Å². The Balaban J connectivity index is 2.34. The van der Waals surface area contributed by atoms with Gasteiger partial charge in [0.2, 0.25) is 5.91 Å². The van der Waals surface area contributed by atoms with Gasteiger partial charge in [-0.25, -0.2) is 0 Å². The van der Waals surface area contributed by atoms with Gasteiger partial charge in [0.05, 0.1) is 12.1 Å². The minimum Gasteiger partial charge on any atom is -0.368 e. The van der Waals surface area contributed by atoms with Crippen molar-refractivity contribution in [2.24, 2.45) is 11.5 Å². The van der Waals surface area contributed by atoms with Gasteiger partial charge in [-0.3, -0.25) is 9.69 Å². The van der Waals surface area contributed by atoms with Crippen molar-refractivity contribution in [1.82, 2.24) is 4.90 Å². The van der Waals surface area contributed by atoms with E-state index < -0.39 is 0 Å². The van der Waals surface area contributed by atoms with E-state index in [1.165, 1.54) is 11.1 Å². The largest absolute Gasteiger partial charge is 0.368 e. The van der Waals surface area contributed by atoms with E-state index in [9.17, 15) is 4.79 Å². The highest BCUT2D eigenvalue weighted by Gasteiger charge is 2.34. The second-order valence-corrected chi connectivity index (χ2v) is 5.87. The van der Waals surface area contributed by atoms with Crippen molar-refractivity contribution in [3.63, 3.8) is 0 Å². The van der Waals surface area contributed by atoms with Crippen LogP contribution in [0.5, 0.6) is 0 Å². The first kappa shape index (κ1) is 15.0. The molecule has 3 unspecified atom stereocenters. The van der Waals surface area contributed by atoms with Gasteiger partial charge in [0.25, 0.3) is 0 Å². The molecule has 1 aliphatic rings. The summed E-state index contributed by atoms with van der Waals surface area (Å²) in [6, 6.07) is 8.17. The van der Waals surface area contributed by atoms with Crippen molar-refractivity contribution in [2.75, 3.05) is 6.54 Å². The van der Waals surface area contributed by atoms with Crippen LogP contribution in [0.3, 0.4) is 0 Å². The van der Waals surface area contributed by atoms with Crippen LogP contribution in [0.4, 0.5) is 0 Å². The summed E-state index contributed by atoms with van der Waals surface area (Å²) in [5, 5.41) is 0. The van der Waals surface area contributed by atoms with Crippen molar-refractivity contribution in [2.45, 2.75) is 51.2 Å². The van der Waals surface area contributed by atoms with Crippen LogP contribution in [0.25, 0.3) is 0 Å². The molecule has 4 N–H and O–H groups in total. The molecule has 4 heteroatoms. The lowest BCUT2D eigenvalue weighted by Gasteiger charge is -2.41. The Bertz CT molecular complexity index is 473. The number of nitrogens with zero attached hydrogens (tertiary/aromatic N) is 1. The number of carbonyl (C=O) groups excluding carboxylic acids is 1. The van der Waals surface area contributed by atoms with Gasteiger partial charge in [0.1, 0.15) is 0 Å². The molecule has 1 aliphatic heterocycles. The molecule has 0 saturated carbocycles. The number of hydrogen-bond acceptors (Lipinski definition) is 3. The molecule has 0 aliphatic carbocycles. The first-order valence-corrected chi connectivity index (χ1v) is 7.38. The van der Waals surface area contributed by atoms with E-state index in [2.05, 4.69) is 30.0 Å². The second kappa shape index (κ2) is 6.37. The molecule has 3 atom stereocenters. The van der Waals surface area contributed by atoms with Crippen molar-refractivity contribution >= 4 is 5.91 Å². The maximum absolute atomic E-state index is 11.7.